The summed E-state index contributed by atoms with van der Waals surface area (Å²) in [5, 5.41) is 0. The largest absolute Gasteiger partial charge is 0.350 e. The van der Waals surface area contributed by atoms with E-state index in [0.29, 0.717) is 0 Å². The SMILES string of the molecule is CCCCC/C=C\C/C=C\CCCCCCCCC(CCCCCCCC/C=C\C/C=C\CCCCC)(OCC)OCCN1CC1C. The molecule has 1 saturated heterocycles. The first-order valence-electron chi connectivity index (χ1n) is 20.8. The van der Waals surface area contributed by atoms with E-state index < -0.39 is 0 Å². The van der Waals surface area contributed by atoms with E-state index in [1.54, 1.807) is 0 Å². The van der Waals surface area contributed by atoms with Gasteiger partial charge in [0.25, 0.3) is 0 Å². The number of allylic oxidation sites excluding steroid dienone is 8. The minimum atomic E-state index is -0.377. The van der Waals surface area contributed by atoms with Crippen molar-refractivity contribution in [1.29, 1.82) is 0 Å². The van der Waals surface area contributed by atoms with Gasteiger partial charge in [-0.3, -0.25) is 4.90 Å². The molecular formula is C44H81NO2. The standard InChI is InChI=1S/C44H81NO2/c1-5-8-10-12-14-16-18-20-22-24-26-28-30-32-34-36-38-44(46-7-3,47-41-40-45-42-43(45)4)39-37-35-33-31-29-27-25-23-21-19-17-15-13-11-9-6-2/h14-17,20-23,43H,5-13,18-19,24-42H2,1-4H3/b16-14-,17-15-,22-20-,23-21-. The Kier molecular flexibility index (Phi) is 31.1. The third-order valence-electron chi connectivity index (χ3n) is 9.66. The molecular weight excluding hydrogens is 574 g/mol. The van der Waals surface area contributed by atoms with Crippen molar-refractivity contribution in [3.05, 3.63) is 48.6 Å². The summed E-state index contributed by atoms with van der Waals surface area (Å²) < 4.78 is 13.1. The van der Waals surface area contributed by atoms with E-state index in [1.807, 2.05) is 0 Å². The fraction of sp³-hybridized carbons (Fsp3) is 0.818. The van der Waals surface area contributed by atoms with E-state index in [4.69, 9.17) is 9.47 Å². The molecule has 0 aromatic heterocycles. The molecule has 0 aliphatic carbocycles. The average Bonchev–Trinajstić information content (AvgIpc) is 3.78. The molecule has 0 N–H and O–H groups in total. The van der Waals surface area contributed by atoms with Gasteiger partial charge < -0.3 is 9.47 Å². The molecule has 0 aromatic carbocycles. The van der Waals surface area contributed by atoms with Crippen LogP contribution in [0.3, 0.4) is 0 Å². The van der Waals surface area contributed by atoms with Crippen molar-refractivity contribution < 1.29 is 9.47 Å². The Morgan fingerprint density at radius 3 is 1.28 bits per heavy atom. The fourth-order valence-corrected chi connectivity index (χ4v) is 6.44. The van der Waals surface area contributed by atoms with Gasteiger partial charge in [0.15, 0.2) is 5.79 Å². The van der Waals surface area contributed by atoms with E-state index in [0.717, 1.165) is 51.5 Å². The van der Waals surface area contributed by atoms with E-state index in [2.05, 4.69) is 81.2 Å². The summed E-state index contributed by atoms with van der Waals surface area (Å²) in [6, 6.07) is 0.736. The Bertz CT molecular complexity index is 721. The van der Waals surface area contributed by atoms with E-state index in [-0.39, 0.29) is 5.79 Å². The van der Waals surface area contributed by atoms with Crippen LogP contribution in [-0.2, 0) is 9.47 Å². The van der Waals surface area contributed by atoms with Crippen LogP contribution < -0.4 is 0 Å². The van der Waals surface area contributed by atoms with Gasteiger partial charge in [-0.1, -0.05) is 140 Å². The molecule has 3 nitrogen and oxygen atoms in total. The third kappa shape index (κ3) is 28.4. The number of hydrogen-bond donors (Lipinski definition) is 0. The van der Waals surface area contributed by atoms with Crippen LogP contribution in [0, 0.1) is 0 Å². The van der Waals surface area contributed by atoms with Gasteiger partial charge in [-0.2, -0.15) is 0 Å². The lowest BCUT2D eigenvalue weighted by molar-refractivity contribution is -0.244. The van der Waals surface area contributed by atoms with Crippen LogP contribution in [0.25, 0.3) is 0 Å². The van der Waals surface area contributed by atoms with Crippen LogP contribution >= 0.6 is 0 Å². The van der Waals surface area contributed by atoms with Crippen molar-refractivity contribution >= 4 is 0 Å². The molecule has 1 heterocycles. The monoisotopic (exact) mass is 656 g/mol. The average molecular weight is 656 g/mol. The maximum absolute atomic E-state index is 6.63. The van der Waals surface area contributed by atoms with Crippen molar-refractivity contribution in [2.45, 2.75) is 206 Å². The zero-order valence-electron chi connectivity index (χ0n) is 32.2. The predicted molar refractivity (Wildman–Crippen MR) is 209 cm³/mol. The number of unbranched alkanes of at least 4 members (excludes halogenated alkanes) is 18. The molecule has 0 aromatic rings. The van der Waals surface area contributed by atoms with Crippen LogP contribution in [-0.4, -0.2) is 43.0 Å². The molecule has 1 fully saturated rings. The van der Waals surface area contributed by atoms with E-state index >= 15 is 0 Å². The smallest absolute Gasteiger partial charge is 0.168 e. The Labute approximate surface area is 295 Å². The summed E-state index contributed by atoms with van der Waals surface area (Å²) in [6.45, 7) is 12.8. The zero-order valence-corrected chi connectivity index (χ0v) is 32.2. The molecule has 47 heavy (non-hydrogen) atoms. The normalized spacial score (nSPS) is 17.0. The van der Waals surface area contributed by atoms with E-state index in [1.165, 1.54) is 148 Å². The maximum Gasteiger partial charge on any atom is 0.168 e. The van der Waals surface area contributed by atoms with Crippen LogP contribution in [0.5, 0.6) is 0 Å². The quantitative estimate of drug-likeness (QED) is 0.0290. The molecule has 1 rings (SSSR count). The second kappa shape index (κ2) is 33.3. The summed E-state index contributed by atoms with van der Waals surface area (Å²) in [7, 11) is 0. The summed E-state index contributed by atoms with van der Waals surface area (Å²) in [5.74, 6) is -0.377. The Morgan fingerprint density at radius 2 is 0.894 bits per heavy atom. The minimum Gasteiger partial charge on any atom is -0.350 e. The highest BCUT2D eigenvalue weighted by molar-refractivity contribution is 4.93. The van der Waals surface area contributed by atoms with Gasteiger partial charge in [-0.25, -0.2) is 0 Å². The number of nitrogens with zero attached hydrogens (tertiary/aromatic N) is 1. The summed E-state index contributed by atoms with van der Waals surface area (Å²) in [4.78, 5) is 2.50. The minimum absolute atomic E-state index is 0.377. The summed E-state index contributed by atoms with van der Waals surface area (Å²) >= 11 is 0. The lowest BCUT2D eigenvalue weighted by Gasteiger charge is -2.34. The van der Waals surface area contributed by atoms with Crippen LogP contribution in [0.2, 0.25) is 0 Å². The van der Waals surface area contributed by atoms with Gasteiger partial charge >= 0.3 is 0 Å². The van der Waals surface area contributed by atoms with Crippen LogP contribution in [0.15, 0.2) is 48.6 Å². The van der Waals surface area contributed by atoms with Crippen molar-refractivity contribution in [2.24, 2.45) is 0 Å². The van der Waals surface area contributed by atoms with Gasteiger partial charge in [-0.15, -0.1) is 0 Å². The van der Waals surface area contributed by atoms with Crippen LogP contribution in [0.1, 0.15) is 195 Å². The van der Waals surface area contributed by atoms with Crippen molar-refractivity contribution in [2.75, 3.05) is 26.3 Å². The Morgan fingerprint density at radius 1 is 0.511 bits per heavy atom. The van der Waals surface area contributed by atoms with Gasteiger partial charge in [0.05, 0.1) is 6.61 Å². The lowest BCUT2D eigenvalue weighted by atomic mass is 9.98. The molecule has 3 heteroatoms. The van der Waals surface area contributed by atoms with Crippen molar-refractivity contribution in [3.8, 4) is 0 Å². The summed E-state index contributed by atoms with van der Waals surface area (Å²) in [5.41, 5.74) is 0. The highest BCUT2D eigenvalue weighted by Crippen LogP contribution is 2.30. The summed E-state index contributed by atoms with van der Waals surface area (Å²) in [6.07, 6.45) is 51.9. The predicted octanol–water partition coefficient (Wildman–Crippen LogP) is 13.8. The molecule has 274 valence electrons. The van der Waals surface area contributed by atoms with Crippen molar-refractivity contribution in [1.82, 2.24) is 4.90 Å². The van der Waals surface area contributed by atoms with Crippen molar-refractivity contribution in [3.63, 3.8) is 0 Å². The second-order valence-electron chi connectivity index (χ2n) is 14.2. The molecule has 0 amide bonds. The first kappa shape index (κ1) is 43.9. The van der Waals surface area contributed by atoms with Gasteiger partial charge in [0.2, 0.25) is 0 Å². The fourth-order valence-electron chi connectivity index (χ4n) is 6.44. The zero-order chi connectivity index (χ0) is 33.9. The van der Waals surface area contributed by atoms with Gasteiger partial charge in [0.1, 0.15) is 0 Å². The van der Waals surface area contributed by atoms with Gasteiger partial charge in [-0.05, 0) is 90.9 Å². The van der Waals surface area contributed by atoms with Gasteiger partial charge in [0, 0.05) is 38.6 Å². The first-order valence-corrected chi connectivity index (χ1v) is 20.8. The lowest BCUT2D eigenvalue weighted by Crippen LogP contribution is -2.38. The molecule has 1 aliphatic rings. The Balaban J connectivity index is 2.21. The number of rotatable bonds is 36. The molecule has 2 atom stereocenters. The topological polar surface area (TPSA) is 21.5 Å². The first-order chi connectivity index (χ1) is 23.2. The second-order valence-corrected chi connectivity index (χ2v) is 14.2. The number of ether oxygens (including phenoxy) is 2. The molecule has 0 spiro atoms. The maximum atomic E-state index is 6.63. The highest BCUT2D eigenvalue weighted by Gasteiger charge is 2.33. The van der Waals surface area contributed by atoms with E-state index in [9.17, 15) is 0 Å². The third-order valence-corrected chi connectivity index (χ3v) is 9.66. The Hall–Kier alpha value is -1.16. The molecule has 2 unspecified atom stereocenters. The molecule has 0 saturated carbocycles. The molecule has 0 radical (unpaired) electrons. The molecule has 1 aliphatic heterocycles. The highest BCUT2D eigenvalue weighted by atomic mass is 16.7. The molecule has 0 bridgehead atoms. The number of hydrogen-bond acceptors (Lipinski definition) is 3. The van der Waals surface area contributed by atoms with Crippen LogP contribution in [0.4, 0.5) is 0 Å².